The Labute approximate surface area is 130 Å². The molecule has 2 aromatic rings. The standard InChI is InChI=1S/C15H13F3N2O3/c1-22-13-9(5-19-7-12(13)18)6-20-15(21)8-3-10(16)14(23-2)11(17)4-8/h3-5,7H,6H2,1-2H3,(H,20,21). The summed E-state index contributed by atoms with van der Waals surface area (Å²) in [6.07, 6.45) is 2.29. The monoisotopic (exact) mass is 326 g/mol. The SMILES string of the molecule is COc1c(F)cc(C(=O)NCc2cncc(F)c2OC)cc1F. The maximum atomic E-state index is 13.6. The molecule has 0 aliphatic rings. The molecule has 0 saturated heterocycles. The fourth-order valence-corrected chi connectivity index (χ4v) is 1.98. The van der Waals surface area contributed by atoms with Crippen molar-refractivity contribution >= 4 is 5.91 Å². The van der Waals surface area contributed by atoms with Crippen LogP contribution in [0.15, 0.2) is 24.5 Å². The highest BCUT2D eigenvalue weighted by Crippen LogP contribution is 2.23. The van der Waals surface area contributed by atoms with Gasteiger partial charge in [0.2, 0.25) is 0 Å². The number of aromatic nitrogens is 1. The average Bonchev–Trinajstić information content (AvgIpc) is 2.52. The highest BCUT2D eigenvalue weighted by atomic mass is 19.1. The minimum Gasteiger partial charge on any atom is -0.493 e. The number of hydrogen-bond donors (Lipinski definition) is 1. The summed E-state index contributed by atoms with van der Waals surface area (Å²) in [4.78, 5) is 15.6. The van der Waals surface area contributed by atoms with E-state index in [0.29, 0.717) is 0 Å². The van der Waals surface area contributed by atoms with Crippen LogP contribution < -0.4 is 14.8 Å². The van der Waals surface area contributed by atoms with E-state index < -0.39 is 29.1 Å². The van der Waals surface area contributed by atoms with Crippen LogP contribution in [0.4, 0.5) is 13.2 Å². The first kappa shape index (κ1) is 16.6. The van der Waals surface area contributed by atoms with Gasteiger partial charge in [-0.3, -0.25) is 9.78 Å². The number of methoxy groups -OCH3 is 2. The Morgan fingerprint density at radius 1 is 1.04 bits per heavy atom. The molecule has 23 heavy (non-hydrogen) atoms. The van der Waals surface area contributed by atoms with Gasteiger partial charge in [-0.2, -0.15) is 0 Å². The minimum absolute atomic E-state index is 0.0626. The van der Waals surface area contributed by atoms with Crippen molar-refractivity contribution < 1.29 is 27.4 Å². The lowest BCUT2D eigenvalue weighted by Crippen LogP contribution is -2.23. The fourth-order valence-electron chi connectivity index (χ4n) is 1.98. The number of pyridine rings is 1. The van der Waals surface area contributed by atoms with Crippen LogP contribution in [-0.2, 0) is 6.54 Å². The average molecular weight is 326 g/mol. The van der Waals surface area contributed by atoms with Gasteiger partial charge in [0.15, 0.2) is 29.0 Å². The molecule has 122 valence electrons. The van der Waals surface area contributed by atoms with Gasteiger partial charge in [-0.25, -0.2) is 13.2 Å². The molecule has 0 bridgehead atoms. The predicted molar refractivity (Wildman–Crippen MR) is 74.8 cm³/mol. The van der Waals surface area contributed by atoms with Crippen molar-refractivity contribution in [2.24, 2.45) is 0 Å². The highest BCUT2D eigenvalue weighted by molar-refractivity contribution is 5.94. The molecule has 8 heteroatoms. The van der Waals surface area contributed by atoms with Gasteiger partial charge in [0.1, 0.15) is 0 Å². The van der Waals surface area contributed by atoms with Gasteiger partial charge in [0, 0.05) is 23.9 Å². The van der Waals surface area contributed by atoms with Crippen molar-refractivity contribution in [1.29, 1.82) is 0 Å². The van der Waals surface area contributed by atoms with E-state index in [1.54, 1.807) is 0 Å². The highest BCUT2D eigenvalue weighted by Gasteiger charge is 2.16. The fraction of sp³-hybridized carbons (Fsp3) is 0.200. The molecule has 1 N–H and O–H groups in total. The summed E-state index contributed by atoms with van der Waals surface area (Å²) in [7, 11) is 2.39. The first-order valence-corrected chi connectivity index (χ1v) is 6.45. The topological polar surface area (TPSA) is 60.5 Å². The second-order valence-corrected chi connectivity index (χ2v) is 4.47. The summed E-state index contributed by atoms with van der Waals surface area (Å²) < 4.78 is 50.1. The molecule has 0 aliphatic heterocycles. The van der Waals surface area contributed by atoms with Crippen LogP contribution in [0.1, 0.15) is 15.9 Å². The molecule has 1 aromatic heterocycles. The molecule has 1 amide bonds. The molecule has 2 rings (SSSR count). The number of carbonyl (C=O) groups is 1. The number of amides is 1. The van der Waals surface area contributed by atoms with Gasteiger partial charge in [-0.05, 0) is 12.1 Å². The molecule has 0 saturated carbocycles. The molecule has 0 aliphatic carbocycles. The lowest BCUT2D eigenvalue weighted by Gasteiger charge is -2.11. The van der Waals surface area contributed by atoms with E-state index in [1.807, 2.05) is 0 Å². The van der Waals surface area contributed by atoms with Crippen LogP contribution in [0.3, 0.4) is 0 Å². The number of nitrogens with one attached hydrogen (secondary N) is 1. The largest absolute Gasteiger partial charge is 0.493 e. The summed E-state index contributed by atoms with van der Waals surface area (Å²) in [6.45, 7) is -0.123. The van der Waals surface area contributed by atoms with Gasteiger partial charge in [0.05, 0.1) is 20.4 Å². The third-order valence-electron chi connectivity index (χ3n) is 3.03. The molecule has 0 unspecified atom stereocenters. The van der Waals surface area contributed by atoms with Crippen molar-refractivity contribution in [2.75, 3.05) is 14.2 Å². The Balaban J connectivity index is 2.16. The van der Waals surface area contributed by atoms with Gasteiger partial charge in [-0.1, -0.05) is 0 Å². The maximum absolute atomic E-state index is 13.6. The van der Waals surface area contributed by atoms with E-state index in [2.05, 4.69) is 15.0 Å². The third kappa shape index (κ3) is 3.53. The summed E-state index contributed by atoms with van der Waals surface area (Å²) in [6, 6.07) is 1.69. The van der Waals surface area contributed by atoms with Gasteiger partial charge in [-0.15, -0.1) is 0 Å². The smallest absolute Gasteiger partial charge is 0.251 e. The number of rotatable bonds is 5. The van der Waals surface area contributed by atoms with E-state index in [-0.39, 0.29) is 23.4 Å². The summed E-state index contributed by atoms with van der Waals surface area (Å²) in [5.74, 6) is -4.05. The molecule has 1 aromatic carbocycles. The van der Waals surface area contributed by atoms with Crippen LogP contribution >= 0.6 is 0 Å². The van der Waals surface area contributed by atoms with Crippen LogP contribution in [-0.4, -0.2) is 25.1 Å². The molecule has 0 spiro atoms. The molecule has 0 atom stereocenters. The van der Waals surface area contributed by atoms with Crippen LogP contribution in [0.25, 0.3) is 0 Å². The number of benzene rings is 1. The normalized spacial score (nSPS) is 10.3. The molecular formula is C15H13F3N2O3. The quantitative estimate of drug-likeness (QED) is 0.917. The number of hydrogen-bond acceptors (Lipinski definition) is 4. The van der Waals surface area contributed by atoms with Crippen LogP contribution in [0.2, 0.25) is 0 Å². The molecular weight excluding hydrogens is 313 g/mol. The van der Waals surface area contributed by atoms with Crippen molar-refractivity contribution in [3.05, 3.63) is 53.1 Å². The minimum atomic E-state index is -0.998. The first-order valence-electron chi connectivity index (χ1n) is 6.45. The van der Waals surface area contributed by atoms with Crippen molar-refractivity contribution in [2.45, 2.75) is 6.54 Å². The second-order valence-electron chi connectivity index (χ2n) is 4.47. The van der Waals surface area contributed by atoms with E-state index in [0.717, 1.165) is 25.4 Å². The molecule has 5 nitrogen and oxygen atoms in total. The molecule has 0 radical (unpaired) electrons. The first-order chi connectivity index (χ1) is 11.0. The third-order valence-corrected chi connectivity index (χ3v) is 3.03. The van der Waals surface area contributed by atoms with Crippen molar-refractivity contribution in [1.82, 2.24) is 10.3 Å². The summed E-state index contributed by atoms with van der Waals surface area (Å²) >= 11 is 0. The van der Waals surface area contributed by atoms with Gasteiger partial charge >= 0.3 is 0 Å². The van der Waals surface area contributed by atoms with E-state index in [1.165, 1.54) is 13.3 Å². The lowest BCUT2D eigenvalue weighted by molar-refractivity contribution is 0.0949. The predicted octanol–water partition coefficient (Wildman–Crippen LogP) is 2.45. The van der Waals surface area contributed by atoms with E-state index in [4.69, 9.17) is 4.74 Å². The van der Waals surface area contributed by atoms with Crippen molar-refractivity contribution in [3.8, 4) is 11.5 Å². The zero-order chi connectivity index (χ0) is 17.0. The molecule has 0 fully saturated rings. The summed E-state index contributed by atoms with van der Waals surface area (Å²) in [5.41, 5.74) is 0.0550. The number of halogens is 3. The van der Waals surface area contributed by atoms with Crippen LogP contribution in [0.5, 0.6) is 11.5 Å². The lowest BCUT2D eigenvalue weighted by atomic mass is 10.1. The number of ether oxygens (including phenoxy) is 2. The Hall–Kier alpha value is -2.77. The Morgan fingerprint density at radius 3 is 2.22 bits per heavy atom. The van der Waals surface area contributed by atoms with E-state index in [9.17, 15) is 18.0 Å². The second kappa shape index (κ2) is 6.99. The Morgan fingerprint density at radius 2 is 1.65 bits per heavy atom. The summed E-state index contributed by atoms with van der Waals surface area (Å²) in [5, 5.41) is 2.41. The van der Waals surface area contributed by atoms with E-state index >= 15 is 0 Å². The van der Waals surface area contributed by atoms with Gasteiger partial charge < -0.3 is 14.8 Å². The number of carbonyl (C=O) groups excluding carboxylic acids is 1. The van der Waals surface area contributed by atoms with Gasteiger partial charge in [0.25, 0.3) is 5.91 Å². The number of nitrogens with zero attached hydrogens (tertiary/aromatic N) is 1. The zero-order valence-electron chi connectivity index (χ0n) is 12.3. The van der Waals surface area contributed by atoms with Crippen LogP contribution in [0, 0.1) is 17.5 Å². The van der Waals surface area contributed by atoms with Crippen molar-refractivity contribution in [3.63, 3.8) is 0 Å². The molecule has 1 heterocycles. The maximum Gasteiger partial charge on any atom is 0.251 e. The Kier molecular flexibility index (Phi) is 5.05. The Bertz CT molecular complexity index is 715. The zero-order valence-corrected chi connectivity index (χ0v) is 12.3.